The number of aromatic nitrogens is 2. The molecule has 200 valence electrons. The van der Waals surface area contributed by atoms with Gasteiger partial charge in [0, 0.05) is 17.8 Å². The standard InChI is InChI=1S/C34H49N3/c1-10-30(19-26(8)24(4)5)34-36-31-20-29(21-35-33(25(6)7)27(9)18-23(2)3)16-17-32(31)37(34)22-28-14-12-11-13-15-28/h10,16-17,19-20,23,25,28H,4,9,11-15,18,21-22H2,1-3,5-8H3/b26-19-,30-10+,35-33+. The van der Waals surface area contributed by atoms with E-state index >= 15 is 0 Å². The Kier molecular flexibility index (Phi) is 10.3. The van der Waals surface area contributed by atoms with Crippen LogP contribution in [0, 0.1) is 17.8 Å². The lowest BCUT2D eigenvalue weighted by Gasteiger charge is -2.23. The number of aliphatic imine (C=N–C) groups is 1. The highest BCUT2D eigenvalue weighted by atomic mass is 15.1. The van der Waals surface area contributed by atoms with E-state index in [1.807, 2.05) is 0 Å². The summed E-state index contributed by atoms with van der Waals surface area (Å²) in [5.74, 6) is 2.75. The Balaban J connectivity index is 2.01. The highest BCUT2D eigenvalue weighted by molar-refractivity contribution is 6.01. The summed E-state index contributed by atoms with van der Waals surface area (Å²) in [6.45, 7) is 25.4. The van der Waals surface area contributed by atoms with Crippen LogP contribution in [0.25, 0.3) is 16.6 Å². The first kappa shape index (κ1) is 28.9. The monoisotopic (exact) mass is 499 g/mol. The molecule has 1 aliphatic rings. The van der Waals surface area contributed by atoms with E-state index in [2.05, 4.69) is 96.5 Å². The van der Waals surface area contributed by atoms with Crippen LogP contribution >= 0.6 is 0 Å². The average molecular weight is 500 g/mol. The smallest absolute Gasteiger partial charge is 0.140 e. The van der Waals surface area contributed by atoms with Crippen molar-refractivity contribution < 1.29 is 0 Å². The minimum Gasteiger partial charge on any atom is -0.324 e. The number of nitrogens with zero attached hydrogens (tertiary/aromatic N) is 3. The van der Waals surface area contributed by atoms with Crippen LogP contribution in [0.4, 0.5) is 0 Å². The third-order valence-corrected chi connectivity index (χ3v) is 7.59. The van der Waals surface area contributed by atoms with Crippen LogP contribution in [0.1, 0.15) is 98.4 Å². The topological polar surface area (TPSA) is 30.2 Å². The molecule has 1 aliphatic carbocycles. The first-order valence-electron chi connectivity index (χ1n) is 14.3. The Morgan fingerprint density at radius 1 is 1.11 bits per heavy atom. The molecule has 0 bridgehead atoms. The lowest BCUT2D eigenvalue weighted by atomic mass is 9.89. The lowest BCUT2D eigenvalue weighted by molar-refractivity contribution is 0.321. The van der Waals surface area contributed by atoms with E-state index in [0.29, 0.717) is 18.4 Å². The predicted molar refractivity (Wildman–Crippen MR) is 163 cm³/mol. The van der Waals surface area contributed by atoms with Crippen molar-refractivity contribution in [2.24, 2.45) is 22.7 Å². The third-order valence-electron chi connectivity index (χ3n) is 7.59. The van der Waals surface area contributed by atoms with E-state index in [1.54, 1.807) is 0 Å². The zero-order chi connectivity index (χ0) is 27.1. The van der Waals surface area contributed by atoms with Gasteiger partial charge in [-0.1, -0.05) is 77.8 Å². The molecule has 1 fully saturated rings. The normalized spacial score (nSPS) is 16.3. The largest absolute Gasteiger partial charge is 0.324 e. The summed E-state index contributed by atoms with van der Waals surface area (Å²) in [5, 5.41) is 0. The van der Waals surface area contributed by atoms with Gasteiger partial charge in [0.15, 0.2) is 0 Å². The summed E-state index contributed by atoms with van der Waals surface area (Å²) in [4.78, 5) is 10.3. The van der Waals surface area contributed by atoms with Crippen molar-refractivity contribution >= 4 is 22.3 Å². The number of hydrogen-bond donors (Lipinski definition) is 0. The fourth-order valence-corrected chi connectivity index (χ4v) is 5.42. The molecule has 1 saturated carbocycles. The Morgan fingerprint density at radius 2 is 1.81 bits per heavy atom. The van der Waals surface area contributed by atoms with Crippen LogP contribution in [0.2, 0.25) is 0 Å². The maximum atomic E-state index is 5.21. The lowest BCUT2D eigenvalue weighted by Crippen LogP contribution is -2.15. The number of fused-ring (bicyclic) bond motifs is 1. The Hall–Kier alpha value is -2.68. The van der Waals surface area contributed by atoms with Crippen LogP contribution < -0.4 is 0 Å². The second-order valence-electron chi connectivity index (χ2n) is 11.8. The summed E-state index contributed by atoms with van der Waals surface area (Å²) < 4.78 is 2.47. The second kappa shape index (κ2) is 13.2. The van der Waals surface area contributed by atoms with Crippen molar-refractivity contribution in [3.8, 4) is 0 Å². The van der Waals surface area contributed by atoms with Crippen LogP contribution in [0.3, 0.4) is 0 Å². The van der Waals surface area contributed by atoms with E-state index in [-0.39, 0.29) is 0 Å². The summed E-state index contributed by atoms with van der Waals surface area (Å²) in [6, 6.07) is 6.74. The minimum atomic E-state index is 0.372. The summed E-state index contributed by atoms with van der Waals surface area (Å²) in [5.41, 5.74) is 9.26. The highest BCUT2D eigenvalue weighted by Gasteiger charge is 2.20. The molecule has 0 unspecified atom stereocenters. The molecule has 3 rings (SSSR count). The predicted octanol–water partition coefficient (Wildman–Crippen LogP) is 9.74. The van der Waals surface area contributed by atoms with Gasteiger partial charge in [-0.05, 0) is 92.7 Å². The Labute approximate surface area is 226 Å². The summed E-state index contributed by atoms with van der Waals surface area (Å²) >= 11 is 0. The van der Waals surface area contributed by atoms with E-state index in [1.165, 1.54) is 59.9 Å². The van der Waals surface area contributed by atoms with Crippen LogP contribution in [-0.2, 0) is 13.1 Å². The van der Waals surface area contributed by atoms with Gasteiger partial charge in [0.25, 0.3) is 0 Å². The fraction of sp³-hybridized carbons (Fsp3) is 0.529. The molecule has 1 aromatic carbocycles. The second-order valence-corrected chi connectivity index (χ2v) is 11.8. The maximum absolute atomic E-state index is 5.21. The van der Waals surface area contributed by atoms with Gasteiger partial charge in [-0.15, -0.1) is 0 Å². The molecule has 3 heteroatoms. The van der Waals surface area contributed by atoms with Gasteiger partial charge >= 0.3 is 0 Å². The quantitative estimate of drug-likeness (QED) is 0.223. The highest BCUT2D eigenvalue weighted by Crippen LogP contribution is 2.31. The van der Waals surface area contributed by atoms with Crippen molar-refractivity contribution in [3.63, 3.8) is 0 Å². The number of rotatable bonds is 11. The minimum absolute atomic E-state index is 0.372. The fourth-order valence-electron chi connectivity index (χ4n) is 5.42. The maximum Gasteiger partial charge on any atom is 0.140 e. The molecule has 0 N–H and O–H groups in total. The Morgan fingerprint density at radius 3 is 2.41 bits per heavy atom. The number of allylic oxidation sites excluding steroid dienone is 6. The molecule has 2 aromatic rings. The zero-order valence-electron chi connectivity index (χ0n) is 24.5. The van der Waals surface area contributed by atoms with Crippen molar-refractivity contribution in [1.29, 1.82) is 0 Å². The molecule has 0 aliphatic heterocycles. The molecule has 0 saturated heterocycles. The molecule has 1 heterocycles. The van der Waals surface area contributed by atoms with Crippen LogP contribution in [-0.4, -0.2) is 15.3 Å². The van der Waals surface area contributed by atoms with Gasteiger partial charge in [-0.3, -0.25) is 4.99 Å². The van der Waals surface area contributed by atoms with Gasteiger partial charge in [0.05, 0.1) is 17.6 Å². The van der Waals surface area contributed by atoms with Crippen molar-refractivity contribution in [2.45, 2.75) is 100 Å². The van der Waals surface area contributed by atoms with E-state index < -0.39 is 0 Å². The molecule has 37 heavy (non-hydrogen) atoms. The molecular weight excluding hydrogens is 450 g/mol. The van der Waals surface area contributed by atoms with Crippen molar-refractivity contribution in [2.75, 3.05) is 0 Å². The van der Waals surface area contributed by atoms with Gasteiger partial charge in [0.2, 0.25) is 0 Å². The molecule has 0 amide bonds. The van der Waals surface area contributed by atoms with E-state index in [9.17, 15) is 0 Å². The van der Waals surface area contributed by atoms with Gasteiger partial charge in [-0.2, -0.15) is 0 Å². The van der Waals surface area contributed by atoms with Crippen molar-refractivity contribution in [1.82, 2.24) is 9.55 Å². The summed E-state index contributed by atoms with van der Waals surface area (Å²) in [7, 11) is 0. The van der Waals surface area contributed by atoms with Crippen LogP contribution in [0.15, 0.2) is 65.2 Å². The molecule has 0 atom stereocenters. The molecular formula is C34H49N3. The SMILES string of the molecule is C=C(C)/C(C)=C\C(=C/C)c1nc2cc(C/N=C(/C(=C)CC(C)C)C(C)C)ccc2n1CC1CCCCC1. The van der Waals surface area contributed by atoms with Crippen molar-refractivity contribution in [3.05, 3.63) is 71.6 Å². The average Bonchev–Trinajstić information content (AvgIpc) is 3.19. The van der Waals surface area contributed by atoms with E-state index in [0.717, 1.165) is 41.5 Å². The first-order valence-corrected chi connectivity index (χ1v) is 14.3. The molecule has 0 radical (unpaired) electrons. The van der Waals surface area contributed by atoms with Gasteiger partial charge in [0.1, 0.15) is 5.82 Å². The molecule has 1 aromatic heterocycles. The number of benzene rings is 1. The van der Waals surface area contributed by atoms with Gasteiger partial charge < -0.3 is 4.57 Å². The van der Waals surface area contributed by atoms with Gasteiger partial charge in [-0.25, -0.2) is 4.98 Å². The van der Waals surface area contributed by atoms with E-state index in [4.69, 9.17) is 9.98 Å². The molecule has 3 nitrogen and oxygen atoms in total. The molecule has 0 spiro atoms. The third kappa shape index (κ3) is 7.66. The number of imidazole rings is 1. The number of hydrogen-bond acceptors (Lipinski definition) is 2. The first-order chi connectivity index (χ1) is 17.6. The summed E-state index contributed by atoms with van der Waals surface area (Å²) in [6.07, 6.45) is 12.1. The Bertz CT molecular complexity index is 1190. The van der Waals surface area contributed by atoms with Crippen LogP contribution in [0.5, 0.6) is 0 Å². The zero-order valence-corrected chi connectivity index (χ0v) is 24.5.